The summed E-state index contributed by atoms with van der Waals surface area (Å²) < 4.78 is 15.7. The third kappa shape index (κ3) is 4.50. The molecule has 0 aliphatic carbocycles. The minimum Gasteiger partial charge on any atom is -0.486 e. The first-order chi connectivity index (χ1) is 9.94. The predicted molar refractivity (Wildman–Crippen MR) is 85.4 cm³/mol. The van der Waals surface area contributed by atoms with Gasteiger partial charge in [-0.05, 0) is 20.3 Å². The lowest BCUT2D eigenvalue weighted by atomic mass is 10.2. The van der Waals surface area contributed by atoms with Gasteiger partial charge in [0.25, 0.3) is 0 Å². The summed E-state index contributed by atoms with van der Waals surface area (Å²) in [5, 5.41) is 4.05. The molecule has 0 saturated carbocycles. The van der Waals surface area contributed by atoms with Gasteiger partial charge in [-0.15, -0.1) is 11.3 Å². The summed E-state index contributed by atoms with van der Waals surface area (Å²) in [4.78, 5) is 12.1. The molecule has 0 saturated heterocycles. The lowest BCUT2D eigenvalue weighted by molar-refractivity contribution is 0.0607. The average molecular weight is 316 g/mol. The molecule has 0 aromatic carbocycles. The van der Waals surface area contributed by atoms with Crippen LogP contribution in [-0.2, 0) is 9.47 Å². The van der Waals surface area contributed by atoms with Crippen molar-refractivity contribution in [1.29, 1.82) is 0 Å². The number of carbonyl (C=O) groups is 1. The van der Waals surface area contributed by atoms with Crippen molar-refractivity contribution < 1.29 is 19.0 Å². The average Bonchev–Trinajstić information content (AvgIpc) is 2.74. The van der Waals surface area contributed by atoms with Crippen LogP contribution < -0.4 is 15.8 Å². The van der Waals surface area contributed by atoms with Crippen molar-refractivity contribution in [3.8, 4) is 5.75 Å². The van der Waals surface area contributed by atoms with E-state index in [-0.39, 0.29) is 12.1 Å². The lowest BCUT2D eigenvalue weighted by Crippen LogP contribution is -2.23. The third-order valence-electron chi connectivity index (χ3n) is 2.82. The summed E-state index contributed by atoms with van der Waals surface area (Å²) in [6, 6.07) is 0.119. The Morgan fingerprint density at radius 2 is 2.05 bits per heavy atom. The summed E-state index contributed by atoms with van der Waals surface area (Å²) >= 11 is 1.24. The summed E-state index contributed by atoms with van der Waals surface area (Å²) in [5.41, 5.74) is 6.35. The Hall–Kier alpha value is -1.47. The number of nitrogen functional groups attached to an aromatic ring is 1. The standard InChI is InChI=1S/C14H24N2O4S/c1-6-9(7-18-4)16-13-11(20-8(2)3)10(15)12(21-13)14(17)19-5/h8-9,16H,6-7,15H2,1-5H3. The van der Waals surface area contributed by atoms with E-state index in [9.17, 15) is 4.79 Å². The molecule has 21 heavy (non-hydrogen) atoms. The third-order valence-corrected chi connectivity index (χ3v) is 3.92. The molecule has 1 aromatic rings. The topological polar surface area (TPSA) is 82.8 Å². The minimum atomic E-state index is -0.459. The van der Waals surface area contributed by atoms with E-state index >= 15 is 0 Å². The summed E-state index contributed by atoms with van der Waals surface area (Å²) in [5.74, 6) is 0.0453. The highest BCUT2D eigenvalue weighted by atomic mass is 32.1. The van der Waals surface area contributed by atoms with Crippen LogP contribution in [0.3, 0.4) is 0 Å². The molecule has 0 amide bonds. The molecular weight excluding hydrogens is 292 g/mol. The van der Waals surface area contributed by atoms with Crippen molar-refractivity contribution in [3.05, 3.63) is 4.88 Å². The highest BCUT2D eigenvalue weighted by Gasteiger charge is 2.24. The van der Waals surface area contributed by atoms with Gasteiger partial charge in [-0.2, -0.15) is 0 Å². The van der Waals surface area contributed by atoms with E-state index in [1.807, 2.05) is 13.8 Å². The van der Waals surface area contributed by atoms with Crippen molar-refractivity contribution in [2.75, 3.05) is 31.9 Å². The molecule has 0 fully saturated rings. The second kappa shape index (κ2) is 8.09. The van der Waals surface area contributed by atoms with Gasteiger partial charge in [-0.3, -0.25) is 0 Å². The first-order valence-corrected chi connectivity index (χ1v) is 7.68. The van der Waals surface area contributed by atoms with Crippen molar-refractivity contribution in [3.63, 3.8) is 0 Å². The quantitative estimate of drug-likeness (QED) is 0.718. The summed E-state index contributed by atoms with van der Waals surface area (Å²) in [6.45, 7) is 6.43. The van der Waals surface area contributed by atoms with Gasteiger partial charge in [-0.25, -0.2) is 4.79 Å². The summed E-state index contributed by atoms with van der Waals surface area (Å²) in [7, 11) is 2.98. The smallest absolute Gasteiger partial charge is 0.350 e. The molecule has 0 aliphatic rings. The van der Waals surface area contributed by atoms with Crippen LogP contribution in [0.4, 0.5) is 10.7 Å². The normalized spacial score (nSPS) is 12.3. The van der Waals surface area contributed by atoms with Crippen LogP contribution in [0.15, 0.2) is 0 Å². The molecule has 0 bridgehead atoms. The fourth-order valence-electron chi connectivity index (χ4n) is 1.77. The van der Waals surface area contributed by atoms with E-state index < -0.39 is 5.97 Å². The molecule has 1 atom stereocenters. The highest BCUT2D eigenvalue weighted by molar-refractivity contribution is 7.19. The molecule has 1 rings (SSSR count). The van der Waals surface area contributed by atoms with Crippen LogP contribution in [0.25, 0.3) is 0 Å². The summed E-state index contributed by atoms with van der Waals surface area (Å²) in [6.07, 6.45) is 0.829. The Morgan fingerprint density at radius 1 is 1.38 bits per heavy atom. The number of hydrogen-bond donors (Lipinski definition) is 2. The number of rotatable bonds is 8. The number of anilines is 2. The van der Waals surface area contributed by atoms with Crippen LogP contribution in [-0.4, -0.2) is 38.9 Å². The predicted octanol–water partition coefficient (Wildman–Crippen LogP) is 2.74. The molecule has 0 spiro atoms. The monoisotopic (exact) mass is 316 g/mol. The second-order valence-electron chi connectivity index (χ2n) is 4.87. The molecule has 0 radical (unpaired) electrons. The fourth-order valence-corrected chi connectivity index (χ4v) is 2.82. The van der Waals surface area contributed by atoms with Crippen LogP contribution in [0, 0.1) is 0 Å². The van der Waals surface area contributed by atoms with E-state index in [0.29, 0.717) is 22.9 Å². The van der Waals surface area contributed by atoms with Gasteiger partial charge >= 0.3 is 5.97 Å². The van der Waals surface area contributed by atoms with Crippen molar-refractivity contribution in [1.82, 2.24) is 0 Å². The van der Waals surface area contributed by atoms with Crippen LogP contribution in [0.1, 0.15) is 36.9 Å². The number of carbonyl (C=O) groups excluding carboxylic acids is 1. The van der Waals surface area contributed by atoms with E-state index in [2.05, 4.69) is 12.2 Å². The molecule has 3 N–H and O–H groups in total. The molecule has 6 nitrogen and oxygen atoms in total. The number of thiophene rings is 1. The number of esters is 1. The minimum absolute atomic E-state index is 0.0459. The molecule has 120 valence electrons. The Kier molecular flexibility index (Phi) is 6.77. The van der Waals surface area contributed by atoms with Gasteiger partial charge in [0.2, 0.25) is 0 Å². The number of hydrogen-bond acceptors (Lipinski definition) is 7. The zero-order chi connectivity index (χ0) is 16.0. The Balaban J connectivity index is 3.12. The Morgan fingerprint density at radius 3 is 2.52 bits per heavy atom. The van der Waals surface area contributed by atoms with Crippen LogP contribution >= 0.6 is 11.3 Å². The SMILES string of the molecule is CCC(COC)Nc1sc(C(=O)OC)c(N)c1OC(C)C. The van der Waals surface area contributed by atoms with Gasteiger partial charge in [0.15, 0.2) is 5.75 Å². The molecule has 7 heteroatoms. The first kappa shape index (κ1) is 17.6. The Bertz CT molecular complexity index is 474. The molecular formula is C14H24N2O4S. The largest absolute Gasteiger partial charge is 0.486 e. The van der Waals surface area contributed by atoms with Gasteiger partial charge in [-0.1, -0.05) is 6.92 Å². The van der Waals surface area contributed by atoms with E-state index in [1.54, 1.807) is 7.11 Å². The van der Waals surface area contributed by atoms with Crippen molar-refractivity contribution >= 4 is 28.0 Å². The second-order valence-corrected chi connectivity index (χ2v) is 5.89. The zero-order valence-electron chi connectivity index (χ0n) is 13.2. The van der Waals surface area contributed by atoms with Gasteiger partial charge in [0, 0.05) is 7.11 Å². The number of ether oxygens (including phenoxy) is 3. The van der Waals surface area contributed by atoms with E-state index in [0.717, 1.165) is 11.4 Å². The lowest BCUT2D eigenvalue weighted by Gasteiger charge is -2.18. The first-order valence-electron chi connectivity index (χ1n) is 6.87. The van der Waals surface area contributed by atoms with E-state index in [4.69, 9.17) is 19.9 Å². The highest BCUT2D eigenvalue weighted by Crippen LogP contribution is 2.43. The van der Waals surface area contributed by atoms with Gasteiger partial charge in [0.05, 0.1) is 25.9 Å². The van der Waals surface area contributed by atoms with Crippen LogP contribution in [0.2, 0.25) is 0 Å². The molecule has 0 aliphatic heterocycles. The maximum atomic E-state index is 11.8. The zero-order valence-corrected chi connectivity index (χ0v) is 14.0. The van der Waals surface area contributed by atoms with Crippen molar-refractivity contribution in [2.24, 2.45) is 0 Å². The Labute approximate surface area is 129 Å². The van der Waals surface area contributed by atoms with Gasteiger partial charge in [0.1, 0.15) is 15.6 Å². The molecule has 1 heterocycles. The number of nitrogens with two attached hydrogens (primary N) is 1. The van der Waals surface area contributed by atoms with Gasteiger partial charge < -0.3 is 25.3 Å². The molecule has 1 unspecified atom stereocenters. The molecule has 1 aromatic heterocycles. The number of methoxy groups -OCH3 is 2. The van der Waals surface area contributed by atoms with Crippen LogP contribution in [0.5, 0.6) is 5.75 Å². The fraction of sp³-hybridized carbons (Fsp3) is 0.643. The maximum absolute atomic E-state index is 11.8. The number of nitrogens with one attached hydrogen (secondary N) is 1. The van der Waals surface area contributed by atoms with Crippen molar-refractivity contribution in [2.45, 2.75) is 39.3 Å². The van der Waals surface area contributed by atoms with E-state index in [1.165, 1.54) is 18.4 Å². The maximum Gasteiger partial charge on any atom is 0.350 e.